The molecule has 0 aliphatic carbocycles. The Morgan fingerprint density at radius 3 is 2.53 bits per heavy atom. The first-order valence-electron chi connectivity index (χ1n) is 5.54. The zero-order valence-corrected chi connectivity index (χ0v) is 11.1. The summed E-state index contributed by atoms with van der Waals surface area (Å²) in [4.78, 5) is 11.6. The molecule has 0 amide bonds. The van der Waals surface area contributed by atoms with Crippen LogP contribution in [-0.4, -0.2) is 49.3 Å². The maximum atomic E-state index is 13.0. The molecule has 7 heteroatoms. The SMILES string of the molecule is CCOC(=O)C(C)(C)S(=O)(=O)N1CCC(F)C1. The molecule has 100 valence electrons. The topological polar surface area (TPSA) is 63.7 Å². The number of halogens is 1. The number of ether oxygens (including phenoxy) is 1. The number of alkyl halides is 1. The highest BCUT2D eigenvalue weighted by Crippen LogP contribution is 2.27. The molecule has 1 heterocycles. The van der Waals surface area contributed by atoms with Crippen molar-refractivity contribution in [2.24, 2.45) is 0 Å². The van der Waals surface area contributed by atoms with Gasteiger partial charge in [0, 0.05) is 13.1 Å². The maximum Gasteiger partial charge on any atom is 0.328 e. The minimum Gasteiger partial charge on any atom is -0.465 e. The van der Waals surface area contributed by atoms with E-state index in [1.807, 2.05) is 0 Å². The Balaban J connectivity index is 2.92. The summed E-state index contributed by atoms with van der Waals surface area (Å²) in [5, 5.41) is 0. The van der Waals surface area contributed by atoms with Gasteiger partial charge in [0.25, 0.3) is 0 Å². The van der Waals surface area contributed by atoms with Crippen LogP contribution in [0.1, 0.15) is 27.2 Å². The number of hydrogen-bond acceptors (Lipinski definition) is 4. The van der Waals surface area contributed by atoms with Crippen molar-refractivity contribution < 1.29 is 22.3 Å². The smallest absolute Gasteiger partial charge is 0.328 e. The van der Waals surface area contributed by atoms with Gasteiger partial charge in [0.15, 0.2) is 4.75 Å². The van der Waals surface area contributed by atoms with Gasteiger partial charge >= 0.3 is 5.97 Å². The number of carbonyl (C=O) groups excluding carboxylic acids is 1. The summed E-state index contributed by atoms with van der Waals surface area (Å²) in [6, 6.07) is 0. The predicted molar refractivity (Wildman–Crippen MR) is 60.7 cm³/mol. The van der Waals surface area contributed by atoms with E-state index in [4.69, 9.17) is 4.74 Å². The number of esters is 1. The summed E-state index contributed by atoms with van der Waals surface area (Å²) in [5.74, 6) is -0.803. The second-order valence-corrected chi connectivity index (χ2v) is 6.97. The monoisotopic (exact) mass is 267 g/mol. The number of carbonyl (C=O) groups is 1. The first kappa shape index (κ1) is 14.4. The fourth-order valence-corrected chi connectivity index (χ4v) is 3.26. The highest BCUT2D eigenvalue weighted by atomic mass is 32.2. The third-order valence-corrected chi connectivity index (χ3v) is 5.31. The van der Waals surface area contributed by atoms with E-state index in [9.17, 15) is 17.6 Å². The number of hydrogen-bond donors (Lipinski definition) is 0. The van der Waals surface area contributed by atoms with Gasteiger partial charge in [0.05, 0.1) is 6.61 Å². The van der Waals surface area contributed by atoms with Crippen LogP contribution >= 0.6 is 0 Å². The molecule has 0 saturated carbocycles. The van der Waals surface area contributed by atoms with Gasteiger partial charge in [-0.25, -0.2) is 12.8 Å². The molecule has 1 fully saturated rings. The molecular weight excluding hydrogens is 249 g/mol. The molecule has 0 bridgehead atoms. The summed E-state index contributed by atoms with van der Waals surface area (Å²) < 4.78 is 41.5. The van der Waals surface area contributed by atoms with Crippen molar-refractivity contribution in [2.45, 2.75) is 38.1 Å². The third-order valence-electron chi connectivity index (χ3n) is 2.85. The Bertz CT molecular complexity index is 393. The zero-order chi connectivity index (χ0) is 13.3. The Hall–Kier alpha value is -0.690. The van der Waals surface area contributed by atoms with Crippen LogP contribution in [0.4, 0.5) is 4.39 Å². The minimum atomic E-state index is -3.87. The van der Waals surface area contributed by atoms with Crippen molar-refractivity contribution in [3.8, 4) is 0 Å². The molecule has 1 rings (SSSR count). The molecule has 5 nitrogen and oxygen atoms in total. The average molecular weight is 267 g/mol. The Morgan fingerprint density at radius 2 is 2.12 bits per heavy atom. The van der Waals surface area contributed by atoms with Gasteiger partial charge in [-0.3, -0.25) is 4.79 Å². The number of rotatable bonds is 4. The van der Waals surface area contributed by atoms with Crippen LogP contribution in [0.15, 0.2) is 0 Å². The molecular formula is C10H18FNO4S. The second kappa shape index (κ2) is 4.89. The van der Waals surface area contributed by atoms with Crippen LogP contribution in [-0.2, 0) is 19.6 Å². The first-order chi connectivity index (χ1) is 7.73. The Labute approximate surface area is 101 Å². The molecule has 0 aromatic heterocycles. The molecule has 1 aliphatic rings. The molecule has 0 aromatic carbocycles. The van der Waals surface area contributed by atoms with Crippen LogP contribution in [0.5, 0.6) is 0 Å². The zero-order valence-electron chi connectivity index (χ0n) is 10.3. The lowest BCUT2D eigenvalue weighted by Gasteiger charge is -2.27. The van der Waals surface area contributed by atoms with E-state index in [1.54, 1.807) is 6.92 Å². The Kier molecular flexibility index (Phi) is 4.14. The van der Waals surface area contributed by atoms with Gasteiger partial charge in [0.2, 0.25) is 10.0 Å². The summed E-state index contributed by atoms with van der Waals surface area (Å²) in [6.07, 6.45) is -0.972. The normalized spacial score (nSPS) is 22.7. The van der Waals surface area contributed by atoms with E-state index in [-0.39, 0.29) is 26.1 Å². The highest BCUT2D eigenvalue weighted by molar-refractivity contribution is 7.91. The van der Waals surface area contributed by atoms with Gasteiger partial charge < -0.3 is 4.74 Å². The molecule has 17 heavy (non-hydrogen) atoms. The lowest BCUT2D eigenvalue weighted by molar-refractivity contribution is -0.145. The minimum absolute atomic E-state index is 0.115. The van der Waals surface area contributed by atoms with E-state index in [2.05, 4.69) is 0 Å². The van der Waals surface area contributed by atoms with Crippen LogP contribution in [0, 0.1) is 0 Å². The molecule has 0 N–H and O–H groups in total. The van der Waals surface area contributed by atoms with Crippen molar-refractivity contribution >= 4 is 16.0 Å². The van der Waals surface area contributed by atoms with Gasteiger partial charge in [-0.05, 0) is 27.2 Å². The molecule has 1 atom stereocenters. The van der Waals surface area contributed by atoms with Gasteiger partial charge in [-0.2, -0.15) is 4.31 Å². The number of sulfonamides is 1. The quantitative estimate of drug-likeness (QED) is 0.703. The van der Waals surface area contributed by atoms with Crippen LogP contribution in [0.2, 0.25) is 0 Å². The molecule has 0 aromatic rings. The lowest BCUT2D eigenvalue weighted by atomic mass is 10.2. The van der Waals surface area contributed by atoms with Crippen molar-refractivity contribution in [1.82, 2.24) is 4.31 Å². The van der Waals surface area contributed by atoms with Crippen LogP contribution < -0.4 is 0 Å². The average Bonchev–Trinajstić information content (AvgIpc) is 2.65. The van der Waals surface area contributed by atoms with E-state index >= 15 is 0 Å². The van der Waals surface area contributed by atoms with E-state index in [0.29, 0.717) is 0 Å². The van der Waals surface area contributed by atoms with E-state index < -0.39 is 26.9 Å². The largest absolute Gasteiger partial charge is 0.465 e. The van der Waals surface area contributed by atoms with Crippen molar-refractivity contribution in [3.05, 3.63) is 0 Å². The molecule has 0 radical (unpaired) electrons. The molecule has 1 unspecified atom stereocenters. The standard InChI is InChI=1S/C10H18FNO4S/c1-4-16-9(13)10(2,3)17(14,15)12-6-5-8(11)7-12/h8H,4-7H2,1-3H3. The lowest BCUT2D eigenvalue weighted by Crippen LogP contribution is -2.49. The predicted octanol–water partition coefficient (Wildman–Crippen LogP) is 0.702. The van der Waals surface area contributed by atoms with Crippen molar-refractivity contribution in [1.29, 1.82) is 0 Å². The maximum absolute atomic E-state index is 13.0. The van der Waals surface area contributed by atoms with Gasteiger partial charge in [0.1, 0.15) is 6.17 Å². The van der Waals surface area contributed by atoms with Gasteiger partial charge in [-0.1, -0.05) is 0 Å². The summed E-state index contributed by atoms with van der Waals surface area (Å²) in [6.45, 7) is 4.23. The van der Waals surface area contributed by atoms with Crippen molar-refractivity contribution in [2.75, 3.05) is 19.7 Å². The molecule has 0 spiro atoms. The Morgan fingerprint density at radius 1 is 1.53 bits per heavy atom. The van der Waals surface area contributed by atoms with Crippen LogP contribution in [0.3, 0.4) is 0 Å². The number of nitrogens with zero attached hydrogens (tertiary/aromatic N) is 1. The third kappa shape index (κ3) is 2.60. The van der Waals surface area contributed by atoms with Gasteiger partial charge in [-0.15, -0.1) is 0 Å². The summed E-state index contributed by atoms with van der Waals surface area (Å²) in [5.41, 5.74) is 0. The molecule has 1 saturated heterocycles. The first-order valence-corrected chi connectivity index (χ1v) is 6.98. The summed E-state index contributed by atoms with van der Waals surface area (Å²) in [7, 11) is -3.87. The fraction of sp³-hybridized carbons (Fsp3) is 0.900. The van der Waals surface area contributed by atoms with Crippen molar-refractivity contribution in [3.63, 3.8) is 0 Å². The summed E-state index contributed by atoms with van der Waals surface area (Å²) >= 11 is 0. The second-order valence-electron chi connectivity index (χ2n) is 4.48. The fourth-order valence-electron chi connectivity index (χ4n) is 1.64. The highest BCUT2D eigenvalue weighted by Gasteiger charge is 2.48. The van der Waals surface area contributed by atoms with E-state index in [0.717, 1.165) is 4.31 Å². The molecule has 1 aliphatic heterocycles. The van der Waals surface area contributed by atoms with E-state index in [1.165, 1.54) is 13.8 Å². The van der Waals surface area contributed by atoms with Crippen LogP contribution in [0.25, 0.3) is 0 Å².